The van der Waals surface area contributed by atoms with E-state index in [1.807, 2.05) is 6.92 Å². The van der Waals surface area contributed by atoms with Crippen molar-refractivity contribution in [2.24, 2.45) is 17.6 Å². The predicted molar refractivity (Wildman–Crippen MR) is 172 cm³/mol. The SMILES string of the molecule is CCCOC(=O)N(C)c1c(F)cccc1C(=O)Nc1cccc(-c2c(F)cc(C(N)=O)c3[nH]c4c(c23)CCC(C(C)C)C4)c1C. The molecular weight excluding hydrogens is 578 g/mol. The fourth-order valence-electron chi connectivity index (χ4n) is 6.28. The third-order valence-corrected chi connectivity index (χ3v) is 8.78. The quantitative estimate of drug-likeness (QED) is 0.190. The van der Waals surface area contributed by atoms with Crippen LogP contribution in [0.1, 0.15) is 71.1 Å². The highest BCUT2D eigenvalue weighted by molar-refractivity contribution is 6.13. The van der Waals surface area contributed by atoms with Gasteiger partial charge in [-0.2, -0.15) is 0 Å². The number of rotatable bonds is 8. The summed E-state index contributed by atoms with van der Waals surface area (Å²) in [5, 5.41) is 3.44. The molecule has 0 aliphatic heterocycles. The number of para-hydroxylation sites is 1. The number of aromatic nitrogens is 1. The summed E-state index contributed by atoms with van der Waals surface area (Å²) in [6.45, 7) is 8.11. The summed E-state index contributed by atoms with van der Waals surface area (Å²) in [6.07, 6.45) is 2.24. The van der Waals surface area contributed by atoms with Gasteiger partial charge in [0, 0.05) is 29.4 Å². The Bertz CT molecular complexity index is 1810. The number of aryl methyl sites for hydroxylation is 1. The summed E-state index contributed by atoms with van der Waals surface area (Å²) < 4.78 is 36.2. The number of benzene rings is 3. The summed E-state index contributed by atoms with van der Waals surface area (Å²) in [4.78, 5) is 42.9. The van der Waals surface area contributed by atoms with Crippen LogP contribution in [0, 0.1) is 30.4 Å². The molecule has 1 atom stereocenters. The summed E-state index contributed by atoms with van der Waals surface area (Å²) >= 11 is 0. The minimum absolute atomic E-state index is 0.0745. The van der Waals surface area contributed by atoms with Gasteiger partial charge in [-0.05, 0) is 85.4 Å². The standard InChI is InChI=1S/C35H38F2N4O4/c1-6-15-45-35(44)41(5)32-23(10-7-11-25(32)36)34(43)40-27-12-8-9-21(19(27)4)29-26(37)17-24(33(38)42)31-30(29)22-14-13-20(18(2)3)16-28(22)39-31/h7-12,17-18,20,39H,6,13-16H2,1-5H3,(H2,38,42)(H,40,43). The van der Waals surface area contributed by atoms with E-state index >= 15 is 4.39 Å². The van der Waals surface area contributed by atoms with Crippen molar-refractivity contribution in [1.82, 2.24) is 4.98 Å². The van der Waals surface area contributed by atoms with E-state index in [0.717, 1.165) is 41.5 Å². The molecule has 8 nitrogen and oxygen atoms in total. The van der Waals surface area contributed by atoms with Crippen LogP contribution in [-0.2, 0) is 17.6 Å². The molecular formula is C35H38F2N4O4. The largest absolute Gasteiger partial charge is 0.449 e. The normalized spacial score (nSPS) is 14.4. The smallest absolute Gasteiger partial charge is 0.414 e. The van der Waals surface area contributed by atoms with Crippen LogP contribution >= 0.6 is 0 Å². The molecule has 0 spiro atoms. The lowest BCUT2D eigenvalue weighted by atomic mass is 9.79. The molecule has 3 aromatic carbocycles. The molecule has 3 amide bonds. The van der Waals surface area contributed by atoms with Crippen molar-refractivity contribution in [1.29, 1.82) is 0 Å². The van der Waals surface area contributed by atoms with E-state index < -0.39 is 29.5 Å². The molecule has 4 aromatic rings. The van der Waals surface area contributed by atoms with E-state index in [2.05, 4.69) is 24.1 Å². The molecule has 1 aromatic heterocycles. The number of carbonyl (C=O) groups is 3. The van der Waals surface area contributed by atoms with Crippen molar-refractivity contribution in [3.05, 3.63) is 82.0 Å². The molecule has 5 rings (SSSR count). The Morgan fingerprint density at radius 3 is 2.53 bits per heavy atom. The second-order valence-electron chi connectivity index (χ2n) is 12.0. The van der Waals surface area contributed by atoms with Gasteiger partial charge in [-0.3, -0.25) is 14.5 Å². The number of hydrogen-bond acceptors (Lipinski definition) is 4. The maximum absolute atomic E-state index is 16.1. The number of primary amides is 1. The first-order valence-corrected chi connectivity index (χ1v) is 15.2. The van der Waals surface area contributed by atoms with E-state index in [0.29, 0.717) is 51.5 Å². The number of nitrogens with zero attached hydrogens (tertiary/aromatic N) is 1. The first kappa shape index (κ1) is 31.7. The molecule has 1 heterocycles. The maximum atomic E-state index is 16.1. The van der Waals surface area contributed by atoms with Crippen LogP contribution in [0.2, 0.25) is 0 Å². The van der Waals surface area contributed by atoms with Crippen molar-refractivity contribution in [3.8, 4) is 11.1 Å². The fraction of sp³-hybridized carbons (Fsp3) is 0.343. The van der Waals surface area contributed by atoms with Gasteiger partial charge < -0.3 is 20.8 Å². The van der Waals surface area contributed by atoms with Gasteiger partial charge in [-0.25, -0.2) is 13.6 Å². The topological polar surface area (TPSA) is 118 Å². The van der Waals surface area contributed by atoms with Gasteiger partial charge in [0.2, 0.25) is 0 Å². The summed E-state index contributed by atoms with van der Waals surface area (Å²) in [7, 11) is 1.34. The monoisotopic (exact) mass is 616 g/mol. The molecule has 0 saturated heterocycles. The molecule has 1 aliphatic carbocycles. The second-order valence-corrected chi connectivity index (χ2v) is 12.0. The third kappa shape index (κ3) is 5.89. The number of nitrogens with one attached hydrogen (secondary N) is 2. The second kappa shape index (κ2) is 12.7. The highest BCUT2D eigenvalue weighted by Gasteiger charge is 2.30. The van der Waals surface area contributed by atoms with Crippen molar-refractivity contribution in [3.63, 3.8) is 0 Å². The predicted octanol–water partition coefficient (Wildman–Crippen LogP) is 7.52. The van der Waals surface area contributed by atoms with E-state index in [1.54, 1.807) is 25.1 Å². The highest BCUT2D eigenvalue weighted by Crippen LogP contribution is 2.43. The number of halogens is 2. The van der Waals surface area contributed by atoms with Crippen LogP contribution in [0.15, 0.2) is 42.5 Å². The van der Waals surface area contributed by atoms with Crippen molar-refractivity contribution in [2.75, 3.05) is 23.9 Å². The molecule has 0 fully saturated rings. The Morgan fingerprint density at radius 1 is 1.11 bits per heavy atom. The third-order valence-electron chi connectivity index (χ3n) is 8.78. The fourth-order valence-corrected chi connectivity index (χ4v) is 6.28. The van der Waals surface area contributed by atoms with E-state index in [-0.39, 0.29) is 23.4 Å². The van der Waals surface area contributed by atoms with Gasteiger partial charge in [-0.1, -0.05) is 39.0 Å². The van der Waals surface area contributed by atoms with Gasteiger partial charge in [-0.15, -0.1) is 0 Å². The number of ether oxygens (including phenoxy) is 1. The van der Waals surface area contributed by atoms with E-state index in [9.17, 15) is 18.8 Å². The lowest BCUT2D eigenvalue weighted by molar-refractivity contribution is 0.0998. The van der Waals surface area contributed by atoms with Crippen LogP contribution in [0.25, 0.3) is 22.0 Å². The van der Waals surface area contributed by atoms with Gasteiger partial charge in [0.25, 0.3) is 11.8 Å². The van der Waals surface area contributed by atoms with Gasteiger partial charge in [0.1, 0.15) is 11.6 Å². The number of fused-ring (bicyclic) bond motifs is 3. The van der Waals surface area contributed by atoms with Crippen LogP contribution in [0.3, 0.4) is 0 Å². The first-order valence-electron chi connectivity index (χ1n) is 15.2. The van der Waals surface area contributed by atoms with Crippen LogP contribution in [0.4, 0.5) is 25.0 Å². The molecule has 1 unspecified atom stereocenters. The Labute approximate surface area is 260 Å². The van der Waals surface area contributed by atoms with Gasteiger partial charge >= 0.3 is 6.09 Å². The number of H-pyrrole nitrogens is 1. The molecule has 10 heteroatoms. The Hall–Kier alpha value is -4.73. The van der Waals surface area contributed by atoms with Crippen molar-refractivity contribution in [2.45, 2.75) is 53.4 Å². The maximum Gasteiger partial charge on any atom is 0.414 e. The van der Waals surface area contributed by atoms with Crippen molar-refractivity contribution < 1.29 is 27.9 Å². The van der Waals surface area contributed by atoms with E-state index in [4.69, 9.17) is 10.5 Å². The number of anilines is 2. The van der Waals surface area contributed by atoms with Crippen LogP contribution in [0.5, 0.6) is 0 Å². The molecule has 0 bridgehead atoms. The van der Waals surface area contributed by atoms with Crippen molar-refractivity contribution >= 4 is 40.2 Å². The Morgan fingerprint density at radius 2 is 1.84 bits per heavy atom. The minimum atomic E-state index is -0.789. The van der Waals surface area contributed by atoms with Gasteiger partial charge in [0.05, 0.1) is 28.9 Å². The van der Waals surface area contributed by atoms with Crippen LogP contribution in [-0.4, -0.2) is 36.5 Å². The summed E-state index contributed by atoms with van der Waals surface area (Å²) in [6, 6.07) is 10.2. The Kier molecular flexibility index (Phi) is 8.95. The minimum Gasteiger partial charge on any atom is -0.449 e. The highest BCUT2D eigenvalue weighted by atomic mass is 19.1. The molecule has 0 saturated carbocycles. The van der Waals surface area contributed by atoms with E-state index in [1.165, 1.54) is 25.2 Å². The zero-order valence-electron chi connectivity index (χ0n) is 26.1. The molecule has 4 N–H and O–H groups in total. The number of hydrogen-bond donors (Lipinski definition) is 3. The Balaban J connectivity index is 1.58. The average molecular weight is 617 g/mol. The molecule has 0 radical (unpaired) electrons. The number of carbonyl (C=O) groups excluding carboxylic acids is 3. The zero-order chi connectivity index (χ0) is 32.6. The molecule has 236 valence electrons. The summed E-state index contributed by atoms with van der Waals surface area (Å²) in [5.41, 5.74) is 9.71. The lowest BCUT2D eigenvalue weighted by Gasteiger charge is -2.25. The first-order chi connectivity index (χ1) is 21.4. The van der Waals surface area contributed by atoms with Gasteiger partial charge in [0.15, 0.2) is 0 Å². The number of amides is 3. The number of aromatic amines is 1. The zero-order valence-corrected chi connectivity index (χ0v) is 26.1. The molecule has 45 heavy (non-hydrogen) atoms. The summed E-state index contributed by atoms with van der Waals surface area (Å²) in [5.74, 6) is -1.82. The lowest BCUT2D eigenvalue weighted by Crippen LogP contribution is -2.30. The van der Waals surface area contributed by atoms with Crippen LogP contribution < -0.4 is 16.0 Å². The number of nitrogens with two attached hydrogens (primary N) is 1. The average Bonchev–Trinajstić information content (AvgIpc) is 3.38. The molecule has 1 aliphatic rings.